The van der Waals surface area contributed by atoms with E-state index in [1.54, 1.807) is 24.3 Å². The summed E-state index contributed by atoms with van der Waals surface area (Å²) in [6.45, 7) is 5.97. The van der Waals surface area contributed by atoms with Crippen molar-refractivity contribution in [3.8, 4) is 0 Å². The highest BCUT2D eigenvalue weighted by atomic mass is 35.5. The Hall–Kier alpha value is -1.85. The first-order valence-electron chi connectivity index (χ1n) is 8.16. The standard InChI is InChI=1S/C18H23N3O2.ClH/c1-2-9-20-16(22)13-5-3-4-6-15(13)21-17(23)14-12-18(14)7-10-19-11-8-18;/h2-6,14,19H,1,7-12H2,(H,20,22)(H,21,23);1H. The van der Waals surface area contributed by atoms with Gasteiger partial charge in [0.05, 0.1) is 11.3 Å². The number of anilines is 1. The van der Waals surface area contributed by atoms with E-state index in [4.69, 9.17) is 0 Å². The van der Waals surface area contributed by atoms with Crippen LogP contribution in [0.15, 0.2) is 36.9 Å². The van der Waals surface area contributed by atoms with Crippen molar-refractivity contribution in [3.05, 3.63) is 42.5 Å². The summed E-state index contributed by atoms with van der Waals surface area (Å²) in [5.74, 6) is -0.0852. The third-order valence-electron chi connectivity index (χ3n) is 4.94. The van der Waals surface area contributed by atoms with E-state index in [0.29, 0.717) is 17.8 Å². The number of carbonyl (C=O) groups is 2. The topological polar surface area (TPSA) is 70.2 Å². The van der Waals surface area contributed by atoms with Gasteiger partial charge in [-0.25, -0.2) is 0 Å². The number of nitrogens with one attached hydrogen (secondary N) is 3. The van der Waals surface area contributed by atoms with Crippen LogP contribution in [0.2, 0.25) is 0 Å². The second-order valence-corrected chi connectivity index (χ2v) is 6.40. The van der Waals surface area contributed by atoms with Crippen molar-refractivity contribution in [2.24, 2.45) is 11.3 Å². The molecule has 1 aromatic carbocycles. The van der Waals surface area contributed by atoms with Crippen LogP contribution in [0.4, 0.5) is 5.69 Å². The lowest BCUT2D eigenvalue weighted by atomic mass is 9.91. The Morgan fingerprint density at radius 3 is 2.71 bits per heavy atom. The Kier molecular flexibility index (Phi) is 6.02. The fraction of sp³-hybridized carbons (Fsp3) is 0.444. The van der Waals surface area contributed by atoms with Gasteiger partial charge in [0.1, 0.15) is 0 Å². The maximum absolute atomic E-state index is 12.6. The summed E-state index contributed by atoms with van der Waals surface area (Å²) in [5.41, 5.74) is 1.26. The zero-order valence-electron chi connectivity index (χ0n) is 13.6. The monoisotopic (exact) mass is 349 g/mol. The second kappa shape index (κ2) is 7.81. The molecule has 6 heteroatoms. The molecule has 1 saturated heterocycles. The zero-order chi connectivity index (χ0) is 16.3. The first kappa shape index (κ1) is 18.5. The second-order valence-electron chi connectivity index (χ2n) is 6.40. The molecule has 1 unspecified atom stereocenters. The van der Waals surface area contributed by atoms with E-state index in [9.17, 15) is 9.59 Å². The molecule has 0 aromatic heterocycles. The lowest BCUT2D eigenvalue weighted by Crippen LogP contribution is -2.32. The number of para-hydroxylation sites is 1. The van der Waals surface area contributed by atoms with Crippen LogP contribution in [0.1, 0.15) is 29.6 Å². The zero-order valence-corrected chi connectivity index (χ0v) is 14.5. The SMILES string of the molecule is C=CCNC(=O)c1ccccc1NC(=O)C1CC12CCNCC2.Cl. The van der Waals surface area contributed by atoms with Crippen LogP contribution in [0, 0.1) is 11.3 Å². The number of amides is 2. The van der Waals surface area contributed by atoms with Crippen molar-refractivity contribution in [3.63, 3.8) is 0 Å². The van der Waals surface area contributed by atoms with E-state index in [0.717, 1.165) is 32.4 Å². The summed E-state index contributed by atoms with van der Waals surface area (Å²) in [5, 5.41) is 9.04. The van der Waals surface area contributed by atoms with Gasteiger partial charge in [0.25, 0.3) is 5.91 Å². The van der Waals surface area contributed by atoms with Crippen molar-refractivity contribution in [1.29, 1.82) is 0 Å². The minimum absolute atomic E-state index is 0. The molecule has 2 fully saturated rings. The molecule has 0 bridgehead atoms. The van der Waals surface area contributed by atoms with Gasteiger partial charge in [0.2, 0.25) is 5.91 Å². The number of halogens is 1. The number of piperidine rings is 1. The summed E-state index contributed by atoms with van der Waals surface area (Å²) >= 11 is 0. The van der Waals surface area contributed by atoms with E-state index in [-0.39, 0.29) is 35.6 Å². The van der Waals surface area contributed by atoms with Gasteiger partial charge in [-0.05, 0) is 49.9 Å². The number of benzene rings is 1. The van der Waals surface area contributed by atoms with Crippen LogP contribution in [0.5, 0.6) is 0 Å². The molecule has 3 rings (SSSR count). The van der Waals surface area contributed by atoms with Gasteiger partial charge in [-0.2, -0.15) is 0 Å². The van der Waals surface area contributed by atoms with Crippen molar-refractivity contribution in [1.82, 2.24) is 10.6 Å². The Balaban J connectivity index is 0.00000208. The van der Waals surface area contributed by atoms with Gasteiger partial charge in [-0.1, -0.05) is 18.2 Å². The van der Waals surface area contributed by atoms with Crippen molar-refractivity contribution in [2.75, 3.05) is 25.0 Å². The molecule has 1 heterocycles. The smallest absolute Gasteiger partial charge is 0.253 e. The number of carbonyl (C=O) groups excluding carboxylic acids is 2. The molecule has 1 saturated carbocycles. The molecule has 0 radical (unpaired) electrons. The Labute approximate surface area is 148 Å². The highest BCUT2D eigenvalue weighted by molar-refractivity contribution is 6.04. The third kappa shape index (κ3) is 3.79. The van der Waals surface area contributed by atoms with Crippen LogP contribution < -0.4 is 16.0 Å². The highest BCUT2D eigenvalue weighted by Gasteiger charge is 2.57. The minimum atomic E-state index is -0.201. The largest absolute Gasteiger partial charge is 0.349 e. The molecule has 1 aliphatic carbocycles. The van der Waals surface area contributed by atoms with Gasteiger partial charge in [-0.15, -0.1) is 19.0 Å². The molecule has 2 amide bonds. The first-order valence-corrected chi connectivity index (χ1v) is 8.16. The molecular formula is C18H24ClN3O2. The first-order chi connectivity index (χ1) is 11.2. The van der Waals surface area contributed by atoms with Gasteiger partial charge in [-0.3, -0.25) is 9.59 Å². The van der Waals surface area contributed by atoms with E-state index in [2.05, 4.69) is 22.5 Å². The lowest BCUT2D eigenvalue weighted by molar-refractivity contribution is -0.118. The predicted octanol–water partition coefficient (Wildman–Crippen LogP) is 2.35. The summed E-state index contributed by atoms with van der Waals surface area (Å²) < 4.78 is 0. The molecule has 5 nitrogen and oxygen atoms in total. The number of rotatable bonds is 5. The molecule has 1 spiro atoms. The molecule has 2 aliphatic rings. The van der Waals surface area contributed by atoms with Crippen LogP contribution in [0.25, 0.3) is 0 Å². The highest BCUT2D eigenvalue weighted by Crippen LogP contribution is 2.58. The van der Waals surface area contributed by atoms with E-state index < -0.39 is 0 Å². The van der Waals surface area contributed by atoms with Crippen molar-refractivity contribution in [2.45, 2.75) is 19.3 Å². The minimum Gasteiger partial charge on any atom is -0.349 e. The maximum Gasteiger partial charge on any atom is 0.253 e. The molecule has 130 valence electrons. The van der Waals surface area contributed by atoms with E-state index >= 15 is 0 Å². The third-order valence-corrected chi connectivity index (χ3v) is 4.94. The van der Waals surface area contributed by atoms with E-state index in [1.807, 2.05) is 6.07 Å². The van der Waals surface area contributed by atoms with Crippen LogP contribution in [-0.4, -0.2) is 31.4 Å². The molecule has 1 aromatic rings. The predicted molar refractivity (Wildman–Crippen MR) is 97.5 cm³/mol. The summed E-state index contributed by atoms with van der Waals surface area (Å²) in [6, 6.07) is 7.12. The van der Waals surface area contributed by atoms with E-state index in [1.165, 1.54) is 0 Å². The maximum atomic E-state index is 12.6. The van der Waals surface area contributed by atoms with Gasteiger partial charge in [0, 0.05) is 12.5 Å². The summed E-state index contributed by atoms with van der Waals surface area (Å²) in [4.78, 5) is 24.7. The van der Waals surface area contributed by atoms with Crippen LogP contribution in [-0.2, 0) is 4.79 Å². The summed E-state index contributed by atoms with van der Waals surface area (Å²) in [6.07, 6.45) is 4.72. The molecular weight excluding hydrogens is 326 g/mol. The average molecular weight is 350 g/mol. The Bertz CT molecular complexity index is 626. The fourth-order valence-electron chi connectivity index (χ4n) is 3.47. The molecule has 1 aliphatic heterocycles. The van der Waals surface area contributed by atoms with Crippen LogP contribution >= 0.6 is 12.4 Å². The Morgan fingerprint density at radius 2 is 2.00 bits per heavy atom. The summed E-state index contributed by atoms with van der Waals surface area (Å²) in [7, 11) is 0. The molecule has 3 N–H and O–H groups in total. The number of hydrogen-bond donors (Lipinski definition) is 3. The van der Waals surface area contributed by atoms with Gasteiger partial charge < -0.3 is 16.0 Å². The normalized spacial score (nSPS) is 20.6. The van der Waals surface area contributed by atoms with Gasteiger partial charge >= 0.3 is 0 Å². The average Bonchev–Trinajstić information content (AvgIpc) is 3.27. The van der Waals surface area contributed by atoms with Gasteiger partial charge in [0.15, 0.2) is 0 Å². The van der Waals surface area contributed by atoms with Crippen molar-refractivity contribution >= 4 is 29.9 Å². The molecule has 24 heavy (non-hydrogen) atoms. The lowest BCUT2D eigenvalue weighted by Gasteiger charge is -2.23. The molecule has 1 atom stereocenters. The van der Waals surface area contributed by atoms with Crippen molar-refractivity contribution < 1.29 is 9.59 Å². The number of hydrogen-bond acceptors (Lipinski definition) is 3. The quantitative estimate of drug-likeness (QED) is 0.715. The fourth-order valence-corrected chi connectivity index (χ4v) is 3.47. The Morgan fingerprint density at radius 1 is 1.29 bits per heavy atom. The van der Waals surface area contributed by atoms with Crippen LogP contribution in [0.3, 0.4) is 0 Å².